The zero-order valence-electron chi connectivity index (χ0n) is 11.9. The van der Waals surface area contributed by atoms with Crippen molar-refractivity contribution in [2.45, 2.75) is 26.4 Å². The van der Waals surface area contributed by atoms with E-state index in [1.165, 1.54) is 0 Å². The highest BCUT2D eigenvalue weighted by atomic mass is 35.5. The van der Waals surface area contributed by atoms with Gasteiger partial charge in [-0.2, -0.15) is 0 Å². The quantitative estimate of drug-likeness (QED) is 0.809. The van der Waals surface area contributed by atoms with E-state index in [1.807, 2.05) is 12.1 Å². The first-order chi connectivity index (χ1) is 9.03. The van der Waals surface area contributed by atoms with Crippen LogP contribution in [0.2, 0.25) is 5.02 Å². The van der Waals surface area contributed by atoms with E-state index in [-0.39, 0.29) is 12.6 Å². The highest BCUT2D eigenvalue weighted by Crippen LogP contribution is 2.35. The number of aliphatic hydroxyl groups excluding tert-OH is 1. The molecule has 0 amide bonds. The molecule has 5 heteroatoms. The van der Waals surface area contributed by atoms with Crippen LogP contribution in [-0.2, 0) is 6.54 Å². The molecular weight excluding hydrogens is 266 g/mol. The largest absolute Gasteiger partial charge is 0.493 e. The van der Waals surface area contributed by atoms with E-state index >= 15 is 0 Å². The van der Waals surface area contributed by atoms with Gasteiger partial charge in [-0.1, -0.05) is 25.4 Å². The smallest absolute Gasteiger partial charge is 0.179 e. The second-order valence-corrected chi connectivity index (χ2v) is 5.13. The number of methoxy groups -OCH3 is 2. The van der Waals surface area contributed by atoms with Crippen molar-refractivity contribution in [3.05, 3.63) is 22.7 Å². The molecule has 0 spiro atoms. The minimum Gasteiger partial charge on any atom is -0.493 e. The van der Waals surface area contributed by atoms with Crippen LogP contribution in [0.3, 0.4) is 0 Å². The summed E-state index contributed by atoms with van der Waals surface area (Å²) in [7, 11) is 3.14. The predicted molar refractivity (Wildman–Crippen MR) is 77.1 cm³/mol. The van der Waals surface area contributed by atoms with Gasteiger partial charge in [0.15, 0.2) is 11.5 Å². The molecule has 0 bridgehead atoms. The Morgan fingerprint density at radius 2 is 1.95 bits per heavy atom. The fourth-order valence-corrected chi connectivity index (χ4v) is 2.14. The number of benzene rings is 1. The topological polar surface area (TPSA) is 50.7 Å². The molecule has 0 fully saturated rings. The van der Waals surface area contributed by atoms with E-state index < -0.39 is 0 Å². The molecule has 0 heterocycles. The summed E-state index contributed by atoms with van der Waals surface area (Å²) >= 11 is 6.14. The van der Waals surface area contributed by atoms with Crippen LogP contribution in [0, 0.1) is 5.92 Å². The summed E-state index contributed by atoms with van der Waals surface area (Å²) in [5, 5.41) is 13.1. The number of halogens is 1. The van der Waals surface area contributed by atoms with Gasteiger partial charge in [-0.3, -0.25) is 0 Å². The number of nitrogens with one attached hydrogen (secondary N) is 1. The maximum atomic E-state index is 9.28. The lowest BCUT2D eigenvalue weighted by Crippen LogP contribution is -2.36. The first-order valence-corrected chi connectivity index (χ1v) is 6.65. The first kappa shape index (κ1) is 16.1. The summed E-state index contributed by atoms with van der Waals surface area (Å²) in [4.78, 5) is 0. The minimum absolute atomic E-state index is 0.0619. The Hall–Kier alpha value is -0.970. The number of hydrogen-bond acceptors (Lipinski definition) is 4. The fourth-order valence-electron chi connectivity index (χ4n) is 1.83. The highest BCUT2D eigenvalue weighted by molar-refractivity contribution is 6.32. The van der Waals surface area contributed by atoms with Gasteiger partial charge in [0.2, 0.25) is 0 Å². The van der Waals surface area contributed by atoms with Crippen LogP contribution in [0.25, 0.3) is 0 Å². The Morgan fingerprint density at radius 1 is 1.26 bits per heavy atom. The molecule has 4 nitrogen and oxygen atoms in total. The molecule has 0 aliphatic carbocycles. The molecule has 1 unspecified atom stereocenters. The summed E-state index contributed by atoms with van der Waals surface area (Å²) < 4.78 is 10.4. The standard InChI is InChI=1S/C14H22ClNO3/c1-9(2)12(8-17)16-7-10-5-11(15)14(19-4)13(6-10)18-3/h5-6,9,12,16-17H,7-8H2,1-4H3. The normalized spacial score (nSPS) is 12.6. The van der Waals surface area contributed by atoms with E-state index in [0.717, 1.165) is 5.56 Å². The van der Waals surface area contributed by atoms with E-state index in [1.54, 1.807) is 14.2 Å². The number of rotatable bonds is 7. The third-order valence-corrected chi connectivity index (χ3v) is 3.34. The fraction of sp³-hybridized carbons (Fsp3) is 0.571. The number of aliphatic hydroxyl groups is 1. The van der Waals surface area contributed by atoms with Crippen molar-refractivity contribution >= 4 is 11.6 Å². The minimum atomic E-state index is 0.0619. The molecule has 0 aliphatic rings. The number of hydrogen-bond donors (Lipinski definition) is 2. The molecule has 1 atom stereocenters. The molecule has 0 radical (unpaired) electrons. The zero-order valence-corrected chi connectivity index (χ0v) is 12.6. The SMILES string of the molecule is COc1cc(CNC(CO)C(C)C)cc(Cl)c1OC. The average Bonchev–Trinajstić information content (AvgIpc) is 2.38. The summed E-state index contributed by atoms with van der Waals surface area (Å²) in [6.07, 6.45) is 0. The van der Waals surface area contributed by atoms with Crippen LogP contribution in [0.5, 0.6) is 11.5 Å². The van der Waals surface area contributed by atoms with Gasteiger partial charge in [0, 0.05) is 12.6 Å². The number of ether oxygens (including phenoxy) is 2. The maximum absolute atomic E-state index is 9.28. The van der Waals surface area contributed by atoms with Crippen molar-refractivity contribution in [3.8, 4) is 11.5 Å². The summed E-state index contributed by atoms with van der Waals surface area (Å²) in [6, 6.07) is 3.78. The van der Waals surface area contributed by atoms with Gasteiger partial charge in [0.1, 0.15) is 0 Å². The van der Waals surface area contributed by atoms with Crippen LogP contribution in [0.4, 0.5) is 0 Å². The van der Waals surface area contributed by atoms with Gasteiger partial charge in [0.05, 0.1) is 25.8 Å². The van der Waals surface area contributed by atoms with Crippen molar-refractivity contribution in [1.82, 2.24) is 5.32 Å². The Labute approximate surface area is 119 Å². The monoisotopic (exact) mass is 287 g/mol. The predicted octanol–water partition coefficient (Wildman–Crippen LogP) is 2.46. The van der Waals surface area contributed by atoms with E-state index in [0.29, 0.717) is 29.0 Å². The van der Waals surface area contributed by atoms with Crippen LogP contribution in [0.15, 0.2) is 12.1 Å². The average molecular weight is 288 g/mol. The molecule has 19 heavy (non-hydrogen) atoms. The Bertz CT molecular complexity index is 410. The van der Waals surface area contributed by atoms with Gasteiger partial charge < -0.3 is 19.9 Å². The van der Waals surface area contributed by atoms with Crippen molar-refractivity contribution in [2.75, 3.05) is 20.8 Å². The molecule has 2 N–H and O–H groups in total. The summed E-state index contributed by atoms with van der Waals surface area (Å²) in [5.41, 5.74) is 0.988. The molecule has 0 aromatic heterocycles. The lowest BCUT2D eigenvalue weighted by molar-refractivity contribution is 0.210. The second kappa shape index (κ2) is 7.58. The molecule has 0 saturated heterocycles. The zero-order chi connectivity index (χ0) is 14.4. The van der Waals surface area contributed by atoms with E-state index in [4.69, 9.17) is 21.1 Å². The van der Waals surface area contributed by atoms with Gasteiger partial charge in [-0.05, 0) is 23.6 Å². The Morgan fingerprint density at radius 3 is 2.42 bits per heavy atom. The van der Waals surface area contributed by atoms with E-state index in [2.05, 4.69) is 19.2 Å². The molecule has 1 aromatic carbocycles. The second-order valence-electron chi connectivity index (χ2n) is 4.73. The lowest BCUT2D eigenvalue weighted by Gasteiger charge is -2.20. The van der Waals surface area contributed by atoms with Crippen molar-refractivity contribution in [1.29, 1.82) is 0 Å². The van der Waals surface area contributed by atoms with Gasteiger partial charge in [-0.25, -0.2) is 0 Å². The van der Waals surface area contributed by atoms with Crippen LogP contribution < -0.4 is 14.8 Å². The lowest BCUT2D eigenvalue weighted by atomic mass is 10.0. The summed E-state index contributed by atoms with van der Waals surface area (Å²) in [6.45, 7) is 4.85. The summed E-state index contributed by atoms with van der Waals surface area (Å²) in [5.74, 6) is 1.51. The molecule has 1 rings (SSSR count). The first-order valence-electron chi connectivity index (χ1n) is 6.28. The molecule has 108 valence electrons. The van der Waals surface area contributed by atoms with Crippen molar-refractivity contribution in [2.24, 2.45) is 5.92 Å². The highest BCUT2D eigenvalue weighted by Gasteiger charge is 2.14. The van der Waals surface area contributed by atoms with Crippen LogP contribution >= 0.6 is 11.6 Å². The van der Waals surface area contributed by atoms with Gasteiger partial charge in [-0.15, -0.1) is 0 Å². The van der Waals surface area contributed by atoms with E-state index in [9.17, 15) is 5.11 Å². The van der Waals surface area contributed by atoms with Crippen LogP contribution in [-0.4, -0.2) is 32.0 Å². The van der Waals surface area contributed by atoms with Gasteiger partial charge >= 0.3 is 0 Å². The third-order valence-electron chi connectivity index (χ3n) is 3.06. The maximum Gasteiger partial charge on any atom is 0.179 e. The van der Waals surface area contributed by atoms with Crippen LogP contribution in [0.1, 0.15) is 19.4 Å². The molecular formula is C14H22ClNO3. The van der Waals surface area contributed by atoms with Crippen molar-refractivity contribution in [3.63, 3.8) is 0 Å². The molecule has 0 aliphatic heterocycles. The molecule has 1 aromatic rings. The molecule has 0 saturated carbocycles. The third kappa shape index (κ3) is 4.27. The van der Waals surface area contributed by atoms with Crippen molar-refractivity contribution < 1.29 is 14.6 Å². The Kier molecular flexibility index (Phi) is 6.42. The Balaban J connectivity index is 2.82. The van der Waals surface area contributed by atoms with Gasteiger partial charge in [0.25, 0.3) is 0 Å².